The zero-order valence-electron chi connectivity index (χ0n) is 13.6. The number of esters is 1. The normalized spacial score (nSPS) is 12.8. The van der Waals surface area contributed by atoms with Crippen molar-refractivity contribution < 1.29 is 18.7 Å². The van der Waals surface area contributed by atoms with Gasteiger partial charge in [-0.2, -0.15) is 0 Å². The van der Waals surface area contributed by atoms with Gasteiger partial charge < -0.3 is 9.64 Å². The number of amides is 1. The predicted molar refractivity (Wildman–Crippen MR) is 91.2 cm³/mol. The minimum atomic E-state index is -0.527. The van der Waals surface area contributed by atoms with E-state index < -0.39 is 11.8 Å². The molecule has 1 aliphatic rings. The number of aromatic nitrogens is 2. The van der Waals surface area contributed by atoms with E-state index in [1.54, 1.807) is 16.4 Å². The van der Waals surface area contributed by atoms with Crippen LogP contribution in [-0.4, -0.2) is 39.5 Å². The molecule has 0 radical (unpaired) electrons. The summed E-state index contributed by atoms with van der Waals surface area (Å²) in [6.45, 7) is 4.63. The van der Waals surface area contributed by atoms with Crippen LogP contribution in [0.4, 0.5) is 4.39 Å². The number of fused-ring (bicyclic) bond motifs is 3. The third kappa shape index (κ3) is 3.26. The van der Waals surface area contributed by atoms with E-state index in [1.807, 2.05) is 6.92 Å². The molecule has 0 bridgehead atoms. The van der Waals surface area contributed by atoms with Crippen LogP contribution in [0.5, 0.6) is 0 Å². The number of hydrogen-bond acceptors (Lipinski definition) is 4. The van der Waals surface area contributed by atoms with Crippen molar-refractivity contribution in [1.29, 1.82) is 0 Å². The van der Waals surface area contributed by atoms with E-state index in [9.17, 15) is 14.0 Å². The predicted octanol–water partition coefficient (Wildman–Crippen LogP) is 3.19. The fourth-order valence-corrected chi connectivity index (χ4v) is 2.87. The lowest BCUT2D eigenvalue weighted by molar-refractivity contribution is 0.0515. The van der Waals surface area contributed by atoms with Crippen LogP contribution < -0.4 is 0 Å². The lowest BCUT2D eigenvalue weighted by Crippen LogP contribution is -2.31. The van der Waals surface area contributed by atoms with Gasteiger partial charge >= 0.3 is 5.97 Å². The molecular weight excluding hydrogens is 325 g/mol. The molecule has 2 aromatic rings. The maximum absolute atomic E-state index is 13.7. The van der Waals surface area contributed by atoms with Gasteiger partial charge in [-0.25, -0.2) is 14.2 Å². The maximum atomic E-state index is 13.7. The van der Waals surface area contributed by atoms with Gasteiger partial charge in [0.15, 0.2) is 5.69 Å². The molecular formula is C18H22FN3O3. The highest BCUT2D eigenvalue weighted by Crippen LogP contribution is 2.27. The number of ether oxygens (including phenoxy) is 1. The second-order valence-corrected chi connectivity index (χ2v) is 5.52. The number of halogens is 1. The Balaban J connectivity index is 0.00000225. The first kappa shape index (κ1) is 18.6. The van der Waals surface area contributed by atoms with Crippen molar-refractivity contribution in [1.82, 2.24) is 14.5 Å². The molecule has 0 N–H and O–H groups in total. The Hall–Kier alpha value is -2.70. The van der Waals surface area contributed by atoms with E-state index in [0.717, 1.165) is 6.42 Å². The summed E-state index contributed by atoms with van der Waals surface area (Å²) in [6.07, 6.45) is 2.22. The van der Waals surface area contributed by atoms with Crippen LogP contribution in [0.3, 0.4) is 0 Å². The summed E-state index contributed by atoms with van der Waals surface area (Å²) in [5, 5.41) is 0. The fourth-order valence-electron chi connectivity index (χ4n) is 2.87. The maximum Gasteiger partial charge on any atom is 0.358 e. The van der Waals surface area contributed by atoms with E-state index in [4.69, 9.17) is 4.74 Å². The number of imidazole rings is 1. The molecule has 0 saturated heterocycles. The molecule has 3 rings (SSSR count). The summed E-state index contributed by atoms with van der Waals surface area (Å²) < 4.78 is 20.4. The molecule has 7 heteroatoms. The molecule has 0 fully saturated rings. The third-order valence-electron chi connectivity index (χ3n) is 3.91. The van der Waals surface area contributed by atoms with Crippen molar-refractivity contribution in [2.45, 2.75) is 34.2 Å². The molecule has 0 atom stereocenters. The smallest absolute Gasteiger partial charge is 0.358 e. The molecule has 1 amide bonds. The first-order valence-electron chi connectivity index (χ1n) is 7.89. The number of hydrogen-bond donors (Lipinski definition) is 0. The zero-order valence-corrected chi connectivity index (χ0v) is 13.6. The molecule has 1 aliphatic heterocycles. The monoisotopic (exact) mass is 347 g/mol. The third-order valence-corrected chi connectivity index (χ3v) is 3.91. The van der Waals surface area contributed by atoms with Crippen molar-refractivity contribution in [3.05, 3.63) is 47.3 Å². The van der Waals surface area contributed by atoms with Crippen molar-refractivity contribution >= 4 is 11.9 Å². The van der Waals surface area contributed by atoms with Gasteiger partial charge in [-0.3, -0.25) is 9.36 Å². The zero-order chi connectivity index (χ0) is 17.3. The van der Waals surface area contributed by atoms with Gasteiger partial charge in [0.05, 0.1) is 30.1 Å². The Morgan fingerprint density at radius 1 is 1.36 bits per heavy atom. The number of nitrogens with zero attached hydrogens (tertiary/aromatic N) is 3. The summed E-state index contributed by atoms with van der Waals surface area (Å²) >= 11 is 0. The van der Waals surface area contributed by atoms with Crippen molar-refractivity contribution in [3.63, 3.8) is 0 Å². The van der Waals surface area contributed by atoms with Gasteiger partial charge in [0, 0.05) is 6.54 Å². The topological polar surface area (TPSA) is 64.4 Å². The van der Waals surface area contributed by atoms with Crippen LogP contribution in [0.2, 0.25) is 0 Å². The van der Waals surface area contributed by atoms with E-state index in [1.165, 1.54) is 24.5 Å². The van der Waals surface area contributed by atoms with Crippen LogP contribution in [0, 0.1) is 5.82 Å². The Kier molecular flexibility index (Phi) is 5.56. The molecule has 1 aromatic heterocycles. The largest absolute Gasteiger partial charge is 0.461 e. The van der Waals surface area contributed by atoms with Gasteiger partial charge in [0.2, 0.25) is 0 Å². The number of carbonyl (C=O) groups excluding carboxylic acids is 2. The quantitative estimate of drug-likeness (QED) is 0.797. The lowest BCUT2D eigenvalue weighted by Gasteiger charge is -2.20. The van der Waals surface area contributed by atoms with Gasteiger partial charge in [-0.15, -0.1) is 0 Å². The molecule has 6 nitrogen and oxygen atoms in total. The number of benzene rings is 1. The highest BCUT2D eigenvalue weighted by atomic mass is 19.1. The SMILES string of the molecule is C.CCCN1Cc2c(C(=O)OCC)ncn2-c2ccc(F)cc2C1=O. The number of carbonyl (C=O) groups is 2. The summed E-state index contributed by atoms with van der Waals surface area (Å²) in [4.78, 5) is 30.7. The van der Waals surface area contributed by atoms with Crippen LogP contribution in [0.25, 0.3) is 5.69 Å². The standard InChI is InChI=1S/C17H18FN3O3.CH4/c1-3-7-20-9-14-15(17(23)24-4-2)19-10-21(14)13-6-5-11(18)8-12(13)16(20)22;/h5-6,8,10H,3-4,7,9H2,1-2H3;1H4. The van der Waals surface area contributed by atoms with Gasteiger partial charge in [0.25, 0.3) is 5.91 Å². The first-order chi connectivity index (χ1) is 11.6. The van der Waals surface area contributed by atoms with Gasteiger partial charge in [-0.1, -0.05) is 14.4 Å². The first-order valence-corrected chi connectivity index (χ1v) is 7.89. The van der Waals surface area contributed by atoms with E-state index in [2.05, 4.69) is 4.98 Å². The Bertz CT molecular complexity index is 801. The van der Waals surface area contributed by atoms with E-state index >= 15 is 0 Å². The van der Waals surface area contributed by atoms with Crippen molar-refractivity contribution in [2.75, 3.05) is 13.2 Å². The van der Waals surface area contributed by atoms with Gasteiger partial charge in [0.1, 0.15) is 12.1 Å². The summed E-state index contributed by atoms with van der Waals surface area (Å²) in [7, 11) is 0. The molecule has 0 aliphatic carbocycles. The summed E-state index contributed by atoms with van der Waals surface area (Å²) in [5.41, 5.74) is 1.52. The minimum Gasteiger partial charge on any atom is -0.461 e. The summed E-state index contributed by atoms with van der Waals surface area (Å²) in [5.74, 6) is -1.27. The van der Waals surface area contributed by atoms with Gasteiger partial charge in [-0.05, 0) is 31.5 Å². The van der Waals surface area contributed by atoms with E-state index in [-0.39, 0.29) is 37.7 Å². The van der Waals surface area contributed by atoms with E-state index in [0.29, 0.717) is 17.9 Å². The van der Waals surface area contributed by atoms with Crippen molar-refractivity contribution in [2.24, 2.45) is 0 Å². The molecule has 1 aromatic carbocycles. The Morgan fingerprint density at radius 3 is 2.80 bits per heavy atom. The highest BCUT2D eigenvalue weighted by Gasteiger charge is 2.30. The molecule has 0 spiro atoms. The second-order valence-electron chi connectivity index (χ2n) is 5.52. The average Bonchev–Trinajstić information content (AvgIpc) is 2.93. The Morgan fingerprint density at radius 2 is 2.12 bits per heavy atom. The molecule has 2 heterocycles. The molecule has 0 saturated carbocycles. The van der Waals surface area contributed by atoms with Crippen LogP contribution in [0.15, 0.2) is 24.5 Å². The summed E-state index contributed by atoms with van der Waals surface area (Å²) in [6, 6.07) is 4.03. The minimum absolute atomic E-state index is 0. The molecule has 25 heavy (non-hydrogen) atoms. The Labute approximate surface area is 146 Å². The van der Waals surface area contributed by atoms with Crippen LogP contribution in [-0.2, 0) is 11.3 Å². The lowest BCUT2D eigenvalue weighted by atomic mass is 10.1. The fraction of sp³-hybridized carbons (Fsp3) is 0.389. The van der Waals surface area contributed by atoms with Crippen LogP contribution >= 0.6 is 0 Å². The van der Waals surface area contributed by atoms with Crippen molar-refractivity contribution in [3.8, 4) is 5.69 Å². The number of rotatable bonds is 4. The molecule has 134 valence electrons. The second kappa shape index (κ2) is 7.46. The van der Waals surface area contributed by atoms with Crippen LogP contribution in [0.1, 0.15) is 54.2 Å². The highest BCUT2D eigenvalue weighted by molar-refractivity contribution is 5.99. The average molecular weight is 347 g/mol. The molecule has 0 unspecified atom stereocenters.